The fraction of sp³-hybridized carbons (Fsp3) is 0.471. The normalized spacial score (nSPS) is 17.0. The first-order valence-electron chi connectivity index (χ1n) is 8.47. The van der Waals surface area contributed by atoms with E-state index in [4.69, 9.17) is 9.15 Å². The van der Waals surface area contributed by atoms with Crippen molar-refractivity contribution >= 4 is 16.9 Å². The molecular weight excluding hydrogens is 320 g/mol. The molecule has 0 aromatic carbocycles. The number of aromatic nitrogens is 4. The van der Waals surface area contributed by atoms with Gasteiger partial charge in [0.1, 0.15) is 23.7 Å². The molecule has 1 N–H and O–H groups in total. The highest BCUT2D eigenvalue weighted by Gasteiger charge is 2.25. The molecule has 4 rings (SSSR count). The van der Waals surface area contributed by atoms with Crippen molar-refractivity contribution in [2.24, 2.45) is 7.05 Å². The number of ether oxygens (including phenoxy) is 1. The maximum absolute atomic E-state index is 5.91. The maximum atomic E-state index is 5.91. The summed E-state index contributed by atoms with van der Waals surface area (Å²) in [4.78, 5) is 11.1. The van der Waals surface area contributed by atoms with Crippen LogP contribution in [0.15, 0.2) is 29.1 Å². The minimum atomic E-state index is 0.124. The highest BCUT2D eigenvalue weighted by atomic mass is 16.5. The third-order valence-electron chi connectivity index (χ3n) is 4.57. The molecule has 3 aromatic rings. The molecule has 8 nitrogen and oxygen atoms in total. The minimum absolute atomic E-state index is 0.124. The second kappa shape index (κ2) is 6.81. The van der Waals surface area contributed by atoms with E-state index >= 15 is 0 Å². The van der Waals surface area contributed by atoms with E-state index in [2.05, 4.69) is 31.3 Å². The van der Waals surface area contributed by atoms with Crippen molar-refractivity contribution in [3.8, 4) is 0 Å². The van der Waals surface area contributed by atoms with Crippen LogP contribution in [0.1, 0.15) is 17.6 Å². The van der Waals surface area contributed by atoms with Gasteiger partial charge in [-0.05, 0) is 19.1 Å². The molecule has 25 heavy (non-hydrogen) atoms. The SMILES string of the molecule is Cc1ccc(C(CNc2ncnc3c2cnn3C)N2CCOCC2)o1. The number of hydrogen-bond donors (Lipinski definition) is 1. The van der Waals surface area contributed by atoms with Gasteiger partial charge < -0.3 is 14.5 Å². The summed E-state index contributed by atoms with van der Waals surface area (Å²) < 4.78 is 13.1. The van der Waals surface area contributed by atoms with Gasteiger partial charge in [0.15, 0.2) is 5.65 Å². The van der Waals surface area contributed by atoms with Crippen LogP contribution in [-0.2, 0) is 11.8 Å². The molecule has 1 atom stereocenters. The quantitative estimate of drug-likeness (QED) is 0.756. The lowest BCUT2D eigenvalue weighted by atomic mass is 10.1. The Kier molecular flexibility index (Phi) is 4.37. The van der Waals surface area contributed by atoms with Crippen molar-refractivity contribution in [1.82, 2.24) is 24.6 Å². The van der Waals surface area contributed by atoms with E-state index in [1.807, 2.05) is 20.0 Å². The monoisotopic (exact) mass is 342 g/mol. The number of morpholine rings is 1. The van der Waals surface area contributed by atoms with Crippen molar-refractivity contribution in [3.05, 3.63) is 36.2 Å². The summed E-state index contributed by atoms with van der Waals surface area (Å²) in [6.07, 6.45) is 3.35. The van der Waals surface area contributed by atoms with E-state index in [-0.39, 0.29) is 6.04 Å². The first-order valence-corrected chi connectivity index (χ1v) is 8.47. The number of nitrogens with zero attached hydrogens (tertiary/aromatic N) is 5. The Morgan fingerprint density at radius 1 is 1.24 bits per heavy atom. The predicted molar refractivity (Wildman–Crippen MR) is 93.4 cm³/mol. The van der Waals surface area contributed by atoms with Gasteiger partial charge in [0.05, 0.1) is 30.8 Å². The molecule has 1 fully saturated rings. The molecule has 0 aliphatic carbocycles. The van der Waals surface area contributed by atoms with Crippen molar-refractivity contribution in [2.75, 3.05) is 38.2 Å². The van der Waals surface area contributed by atoms with Crippen molar-refractivity contribution < 1.29 is 9.15 Å². The topological polar surface area (TPSA) is 81.2 Å². The molecule has 4 heterocycles. The summed E-state index contributed by atoms with van der Waals surface area (Å²) in [5, 5.41) is 8.64. The van der Waals surface area contributed by atoms with Gasteiger partial charge in [-0.15, -0.1) is 0 Å². The second-order valence-electron chi connectivity index (χ2n) is 6.22. The van der Waals surface area contributed by atoms with E-state index in [9.17, 15) is 0 Å². The van der Waals surface area contributed by atoms with Gasteiger partial charge in [0, 0.05) is 26.7 Å². The van der Waals surface area contributed by atoms with E-state index in [1.54, 1.807) is 17.2 Å². The highest BCUT2D eigenvalue weighted by molar-refractivity contribution is 5.85. The van der Waals surface area contributed by atoms with E-state index < -0.39 is 0 Å². The van der Waals surface area contributed by atoms with Gasteiger partial charge in [-0.2, -0.15) is 5.10 Å². The largest absolute Gasteiger partial charge is 0.465 e. The standard InChI is InChI=1S/C17H22N6O2/c1-12-3-4-15(25-12)14(23-5-7-24-8-6-23)10-18-16-13-9-21-22(2)17(13)20-11-19-16/h3-4,9,11,14H,5-8,10H2,1-2H3,(H,18,19,20). The van der Waals surface area contributed by atoms with Gasteiger partial charge >= 0.3 is 0 Å². The fourth-order valence-electron chi connectivity index (χ4n) is 3.23. The highest BCUT2D eigenvalue weighted by Crippen LogP contribution is 2.25. The molecule has 1 saturated heterocycles. The summed E-state index contributed by atoms with van der Waals surface area (Å²) in [7, 11) is 1.88. The zero-order valence-corrected chi connectivity index (χ0v) is 14.5. The Labute approximate surface area is 145 Å². The number of nitrogens with one attached hydrogen (secondary N) is 1. The zero-order chi connectivity index (χ0) is 17.2. The molecule has 0 spiro atoms. The molecule has 0 amide bonds. The molecule has 3 aromatic heterocycles. The number of fused-ring (bicyclic) bond motifs is 1. The third-order valence-corrected chi connectivity index (χ3v) is 4.57. The molecule has 0 saturated carbocycles. The molecule has 1 aliphatic heterocycles. The molecule has 8 heteroatoms. The third kappa shape index (κ3) is 3.22. The Morgan fingerprint density at radius 2 is 2.08 bits per heavy atom. The molecule has 0 bridgehead atoms. The Morgan fingerprint density at radius 3 is 2.84 bits per heavy atom. The number of furan rings is 1. The lowest BCUT2D eigenvalue weighted by Crippen LogP contribution is -2.41. The van der Waals surface area contributed by atoms with E-state index in [1.165, 1.54) is 0 Å². The van der Waals surface area contributed by atoms with Gasteiger partial charge in [-0.1, -0.05) is 0 Å². The van der Waals surface area contributed by atoms with E-state index in [0.717, 1.165) is 54.7 Å². The van der Waals surface area contributed by atoms with Crippen molar-refractivity contribution in [1.29, 1.82) is 0 Å². The summed E-state index contributed by atoms with van der Waals surface area (Å²) in [6, 6.07) is 4.18. The van der Waals surface area contributed by atoms with Crippen LogP contribution in [0.5, 0.6) is 0 Å². The Bertz CT molecular complexity index is 852. The lowest BCUT2D eigenvalue weighted by molar-refractivity contribution is 0.0143. The first-order chi connectivity index (χ1) is 12.2. The fourth-order valence-corrected chi connectivity index (χ4v) is 3.23. The van der Waals surface area contributed by atoms with Crippen LogP contribution in [0.2, 0.25) is 0 Å². The molecule has 1 aliphatic rings. The van der Waals surface area contributed by atoms with Crippen LogP contribution in [-0.4, -0.2) is 57.5 Å². The van der Waals surface area contributed by atoms with Crippen LogP contribution in [0.4, 0.5) is 5.82 Å². The Hall–Kier alpha value is -2.45. The average molecular weight is 342 g/mol. The van der Waals surface area contributed by atoms with Gasteiger partial charge in [0.2, 0.25) is 0 Å². The summed E-state index contributed by atoms with van der Waals surface area (Å²) in [6.45, 7) is 5.92. The van der Waals surface area contributed by atoms with Crippen LogP contribution in [0, 0.1) is 6.92 Å². The number of anilines is 1. The second-order valence-corrected chi connectivity index (χ2v) is 6.22. The molecule has 0 radical (unpaired) electrons. The number of hydrogen-bond acceptors (Lipinski definition) is 7. The summed E-state index contributed by atoms with van der Waals surface area (Å²) in [5.41, 5.74) is 0.814. The van der Waals surface area contributed by atoms with Crippen LogP contribution >= 0.6 is 0 Å². The average Bonchev–Trinajstić information content (AvgIpc) is 3.23. The first kappa shape index (κ1) is 16.0. The van der Waals surface area contributed by atoms with Gasteiger partial charge in [-0.3, -0.25) is 9.58 Å². The smallest absolute Gasteiger partial charge is 0.163 e. The number of rotatable bonds is 5. The molecule has 132 valence electrons. The van der Waals surface area contributed by atoms with Crippen LogP contribution < -0.4 is 5.32 Å². The van der Waals surface area contributed by atoms with Gasteiger partial charge in [0.25, 0.3) is 0 Å². The maximum Gasteiger partial charge on any atom is 0.163 e. The van der Waals surface area contributed by atoms with Crippen LogP contribution in [0.3, 0.4) is 0 Å². The van der Waals surface area contributed by atoms with Gasteiger partial charge in [-0.25, -0.2) is 9.97 Å². The Balaban J connectivity index is 1.57. The predicted octanol–water partition coefficient (Wildman–Crippen LogP) is 1.75. The van der Waals surface area contributed by atoms with Crippen molar-refractivity contribution in [2.45, 2.75) is 13.0 Å². The van der Waals surface area contributed by atoms with E-state index in [0.29, 0.717) is 6.54 Å². The lowest BCUT2D eigenvalue weighted by Gasteiger charge is -2.33. The minimum Gasteiger partial charge on any atom is -0.465 e. The molecule has 1 unspecified atom stereocenters. The number of aryl methyl sites for hydroxylation is 2. The zero-order valence-electron chi connectivity index (χ0n) is 14.5. The van der Waals surface area contributed by atoms with Crippen molar-refractivity contribution in [3.63, 3.8) is 0 Å². The summed E-state index contributed by atoms with van der Waals surface area (Å²) in [5.74, 6) is 2.67. The molecular formula is C17H22N6O2. The summed E-state index contributed by atoms with van der Waals surface area (Å²) >= 11 is 0. The van der Waals surface area contributed by atoms with Crippen LogP contribution in [0.25, 0.3) is 11.0 Å².